The number of carbonyl (C=O) groups is 1. The molecule has 3 aromatic heterocycles. The fraction of sp³-hybridized carbons (Fsp3) is 0.312. The Morgan fingerprint density at radius 2 is 2.14 bits per heavy atom. The third-order valence-electron chi connectivity index (χ3n) is 3.22. The van der Waals surface area contributed by atoms with Crippen molar-refractivity contribution in [1.29, 1.82) is 0 Å². The lowest BCUT2D eigenvalue weighted by molar-refractivity contribution is 0.0699. The summed E-state index contributed by atoms with van der Waals surface area (Å²) in [6.07, 6.45) is 2.11. The number of fused-ring (bicyclic) bond motifs is 1. The second-order valence-electron chi connectivity index (χ2n) is 6.38. The van der Waals surface area contributed by atoms with E-state index in [0.717, 1.165) is 0 Å². The number of aromatic carboxylic acids is 1. The predicted octanol–water partition coefficient (Wildman–Crippen LogP) is 3.77. The van der Waals surface area contributed by atoms with Crippen LogP contribution in [0.2, 0.25) is 0 Å². The maximum atomic E-state index is 11.6. The highest BCUT2D eigenvalue weighted by Crippen LogP contribution is 2.30. The van der Waals surface area contributed by atoms with E-state index in [1.807, 2.05) is 0 Å². The minimum absolute atomic E-state index is 0.0424. The van der Waals surface area contributed by atoms with Gasteiger partial charge in [0.05, 0.1) is 22.9 Å². The molecule has 0 atom stereocenters. The summed E-state index contributed by atoms with van der Waals surface area (Å²) in [5.41, 5.74) is 1.31. The Hall–Kier alpha value is -2.63. The van der Waals surface area contributed by atoms with E-state index >= 15 is 0 Å². The van der Waals surface area contributed by atoms with E-state index in [2.05, 4.69) is 30.9 Å². The SMILES string of the molecule is CC(C)(C)Cc1noc2nc(-c3ccco3)cc(C(=O)O)c12. The number of carboxylic acid groups (broad SMARTS) is 1. The van der Waals surface area contributed by atoms with E-state index in [1.165, 1.54) is 12.3 Å². The average Bonchev–Trinajstić information content (AvgIpc) is 3.06. The van der Waals surface area contributed by atoms with Crippen LogP contribution in [0.1, 0.15) is 36.8 Å². The quantitative estimate of drug-likeness (QED) is 0.792. The number of nitrogens with zero attached hydrogens (tertiary/aromatic N) is 2. The Labute approximate surface area is 126 Å². The maximum Gasteiger partial charge on any atom is 0.336 e. The highest BCUT2D eigenvalue weighted by Gasteiger charge is 2.24. The topological polar surface area (TPSA) is 89.4 Å². The molecule has 0 saturated heterocycles. The molecule has 0 fully saturated rings. The van der Waals surface area contributed by atoms with Gasteiger partial charge in [0, 0.05) is 0 Å². The van der Waals surface area contributed by atoms with Gasteiger partial charge in [-0.3, -0.25) is 0 Å². The van der Waals surface area contributed by atoms with Crippen LogP contribution < -0.4 is 0 Å². The van der Waals surface area contributed by atoms with Crippen molar-refractivity contribution in [3.05, 3.63) is 35.7 Å². The Balaban J connectivity index is 2.22. The largest absolute Gasteiger partial charge is 0.478 e. The molecule has 0 unspecified atom stereocenters. The van der Waals surface area contributed by atoms with Crippen LogP contribution in [0.4, 0.5) is 0 Å². The molecular formula is C16H16N2O4. The van der Waals surface area contributed by atoms with E-state index < -0.39 is 5.97 Å². The zero-order chi connectivity index (χ0) is 15.9. The molecule has 3 heterocycles. The Morgan fingerprint density at radius 3 is 2.73 bits per heavy atom. The summed E-state index contributed by atoms with van der Waals surface area (Å²) in [6, 6.07) is 4.92. The van der Waals surface area contributed by atoms with E-state index in [-0.39, 0.29) is 16.7 Å². The van der Waals surface area contributed by atoms with Crippen molar-refractivity contribution in [2.75, 3.05) is 0 Å². The zero-order valence-electron chi connectivity index (χ0n) is 12.6. The highest BCUT2D eigenvalue weighted by molar-refractivity contribution is 6.03. The molecule has 0 aliphatic carbocycles. The van der Waals surface area contributed by atoms with Gasteiger partial charge < -0.3 is 14.0 Å². The van der Waals surface area contributed by atoms with Crippen LogP contribution in [-0.4, -0.2) is 21.2 Å². The molecule has 114 valence electrons. The summed E-state index contributed by atoms with van der Waals surface area (Å²) >= 11 is 0. The Bertz CT molecular complexity index is 826. The number of pyridine rings is 1. The van der Waals surface area contributed by atoms with Gasteiger partial charge >= 0.3 is 5.97 Å². The van der Waals surface area contributed by atoms with Crippen LogP contribution in [0, 0.1) is 5.41 Å². The minimum Gasteiger partial charge on any atom is -0.478 e. The fourth-order valence-corrected chi connectivity index (χ4v) is 2.35. The molecule has 0 aromatic carbocycles. The van der Waals surface area contributed by atoms with Gasteiger partial charge in [0.2, 0.25) is 0 Å². The standard InChI is InChI=1S/C16H16N2O4/c1-16(2,3)8-11-13-9(15(19)20)7-10(12-5-4-6-21-12)17-14(13)22-18-11/h4-7H,8H2,1-3H3,(H,19,20). The van der Waals surface area contributed by atoms with E-state index in [0.29, 0.717) is 29.0 Å². The molecule has 0 saturated carbocycles. The van der Waals surface area contributed by atoms with Crippen molar-refractivity contribution in [3.8, 4) is 11.5 Å². The van der Waals surface area contributed by atoms with Gasteiger partial charge in [0.25, 0.3) is 5.71 Å². The predicted molar refractivity (Wildman–Crippen MR) is 79.6 cm³/mol. The lowest BCUT2D eigenvalue weighted by atomic mass is 9.89. The van der Waals surface area contributed by atoms with Crippen molar-refractivity contribution in [1.82, 2.24) is 10.1 Å². The minimum atomic E-state index is -1.04. The Kier molecular flexibility index (Phi) is 3.24. The van der Waals surface area contributed by atoms with Crippen LogP contribution in [-0.2, 0) is 6.42 Å². The maximum absolute atomic E-state index is 11.6. The van der Waals surface area contributed by atoms with E-state index in [4.69, 9.17) is 8.94 Å². The first-order valence-corrected chi connectivity index (χ1v) is 6.91. The van der Waals surface area contributed by atoms with Gasteiger partial charge in [0.1, 0.15) is 5.69 Å². The average molecular weight is 300 g/mol. The van der Waals surface area contributed by atoms with Gasteiger partial charge in [-0.1, -0.05) is 25.9 Å². The summed E-state index contributed by atoms with van der Waals surface area (Å²) in [5.74, 6) is -0.559. The van der Waals surface area contributed by atoms with Crippen molar-refractivity contribution in [3.63, 3.8) is 0 Å². The van der Waals surface area contributed by atoms with Crippen molar-refractivity contribution >= 4 is 17.1 Å². The van der Waals surface area contributed by atoms with Crippen LogP contribution in [0.25, 0.3) is 22.6 Å². The van der Waals surface area contributed by atoms with Crippen molar-refractivity contribution in [2.24, 2.45) is 5.41 Å². The number of aromatic nitrogens is 2. The van der Waals surface area contributed by atoms with Gasteiger partial charge in [-0.2, -0.15) is 0 Å². The number of furan rings is 1. The summed E-state index contributed by atoms with van der Waals surface area (Å²) in [5, 5.41) is 14.0. The monoisotopic (exact) mass is 300 g/mol. The van der Waals surface area contributed by atoms with Gasteiger partial charge in [-0.15, -0.1) is 0 Å². The fourth-order valence-electron chi connectivity index (χ4n) is 2.35. The first kappa shape index (κ1) is 14.3. The molecule has 0 aliphatic rings. The lowest BCUT2D eigenvalue weighted by Crippen LogP contribution is -2.10. The van der Waals surface area contributed by atoms with Crippen LogP contribution >= 0.6 is 0 Å². The molecule has 0 radical (unpaired) electrons. The first-order valence-electron chi connectivity index (χ1n) is 6.91. The molecular weight excluding hydrogens is 284 g/mol. The highest BCUT2D eigenvalue weighted by atomic mass is 16.5. The molecule has 0 aliphatic heterocycles. The molecule has 0 amide bonds. The smallest absolute Gasteiger partial charge is 0.336 e. The molecule has 6 heteroatoms. The molecule has 6 nitrogen and oxygen atoms in total. The Morgan fingerprint density at radius 1 is 1.36 bits per heavy atom. The molecule has 0 spiro atoms. The summed E-state index contributed by atoms with van der Waals surface area (Å²) in [4.78, 5) is 15.9. The van der Waals surface area contributed by atoms with Gasteiger partial charge in [-0.25, -0.2) is 9.78 Å². The third kappa shape index (κ3) is 2.59. The van der Waals surface area contributed by atoms with Crippen LogP contribution in [0.5, 0.6) is 0 Å². The normalized spacial score (nSPS) is 12.0. The third-order valence-corrected chi connectivity index (χ3v) is 3.22. The number of hydrogen-bond acceptors (Lipinski definition) is 5. The molecule has 3 aromatic rings. The number of rotatable bonds is 3. The van der Waals surface area contributed by atoms with Crippen LogP contribution in [0.3, 0.4) is 0 Å². The number of carboxylic acids is 1. The van der Waals surface area contributed by atoms with Gasteiger partial charge in [0.15, 0.2) is 5.76 Å². The summed E-state index contributed by atoms with van der Waals surface area (Å²) in [6.45, 7) is 6.16. The van der Waals surface area contributed by atoms with E-state index in [1.54, 1.807) is 12.1 Å². The van der Waals surface area contributed by atoms with Crippen molar-refractivity contribution < 1.29 is 18.8 Å². The first-order chi connectivity index (χ1) is 10.3. The molecule has 0 bridgehead atoms. The van der Waals surface area contributed by atoms with E-state index in [9.17, 15) is 9.90 Å². The van der Waals surface area contributed by atoms with Crippen molar-refractivity contribution in [2.45, 2.75) is 27.2 Å². The van der Waals surface area contributed by atoms with Crippen LogP contribution in [0.15, 0.2) is 33.4 Å². The summed E-state index contributed by atoms with van der Waals surface area (Å²) in [7, 11) is 0. The number of hydrogen-bond donors (Lipinski definition) is 1. The van der Waals surface area contributed by atoms with Gasteiger partial charge in [-0.05, 0) is 30.0 Å². The second-order valence-corrected chi connectivity index (χ2v) is 6.38. The molecule has 3 rings (SSSR count). The summed E-state index contributed by atoms with van der Waals surface area (Å²) < 4.78 is 10.5. The molecule has 22 heavy (non-hydrogen) atoms. The lowest BCUT2D eigenvalue weighted by Gasteiger charge is -2.16. The zero-order valence-corrected chi connectivity index (χ0v) is 12.6. The molecule has 1 N–H and O–H groups in total. The second kappa shape index (κ2) is 4.98.